The van der Waals surface area contributed by atoms with E-state index in [0.29, 0.717) is 5.92 Å². The number of rotatable bonds is 8. The van der Waals surface area contributed by atoms with Gasteiger partial charge in [-0.1, -0.05) is 45.0 Å². The molecule has 1 saturated heterocycles. The van der Waals surface area contributed by atoms with Gasteiger partial charge in [-0.25, -0.2) is 0 Å². The van der Waals surface area contributed by atoms with Crippen molar-refractivity contribution >= 4 is 5.96 Å². The molecule has 2 aromatic rings. The fourth-order valence-corrected chi connectivity index (χ4v) is 3.81. The van der Waals surface area contributed by atoms with Crippen molar-refractivity contribution in [3.05, 3.63) is 47.5 Å². The second-order valence-corrected chi connectivity index (χ2v) is 8.19. The molecule has 0 bridgehead atoms. The molecule has 164 valence electrons. The van der Waals surface area contributed by atoms with Crippen LogP contribution >= 0.6 is 0 Å². The van der Waals surface area contributed by atoms with E-state index in [1.165, 1.54) is 11.1 Å². The second kappa shape index (κ2) is 11.1. The SMILES string of the molecule is CCNC(=NCCn1cnnc1CC)N1CCN(Cc2ccc(C(C)C)cc2)CC1. The summed E-state index contributed by atoms with van der Waals surface area (Å²) in [4.78, 5) is 9.78. The van der Waals surface area contributed by atoms with Crippen LogP contribution in [0.5, 0.6) is 0 Å². The monoisotopic (exact) mass is 411 g/mol. The minimum absolute atomic E-state index is 0.588. The van der Waals surface area contributed by atoms with Gasteiger partial charge in [-0.3, -0.25) is 9.89 Å². The summed E-state index contributed by atoms with van der Waals surface area (Å²) in [5.41, 5.74) is 2.81. The van der Waals surface area contributed by atoms with Crippen LogP contribution in [0.2, 0.25) is 0 Å². The Balaban J connectivity index is 1.50. The van der Waals surface area contributed by atoms with Gasteiger partial charge in [0.05, 0.1) is 6.54 Å². The van der Waals surface area contributed by atoms with Crippen molar-refractivity contribution in [3.63, 3.8) is 0 Å². The van der Waals surface area contributed by atoms with Crippen molar-refractivity contribution in [1.82, 2.24) is 29.9 Å². The Hall–Kier alpha value is -2.41. The first-order valence-electron chi connectivity index (χ1n) is 11.3. The van der Waals surface area contributed by atoms with Crippen LogP contribution in [0, 0.1) is 0 Å². The summed E-state index contributed by atoms with van der Waals surface area (Å²) in [5, 5.41) is 11.6. The van der Waals surface area contributed by atoms with Gasteiger partial charge >= 0.3 is 0 Å². The number of aliphatic imine (C=N–C) groups is 1. The number of guanidine groups is 1. The van der Waals surface area contributed by atoms with Crippen molar-refractivity contribution < 1.29 is 0 Å². The van der Waals surface area contributed by atoms with Crippen molar-refractivity contribution in [2.75, 3.05) is 39.3 Å². The highest BCUT2D eigenvalue weighted by atomic mass is 15.3. The minimum Gasteiger partial charge on any atom is -0.357 e. The first-order chi connectivity index (χ1) is 14.6. The number of hydrogen-bond acceptors (Lipinski definition) is 4. The summed E-state index contributed by atoms with van der Waals surface area (Å²) in [7, 11) is 0. The molecule has 0 radical (unpaired) electrons. The fraction of sp³-hybridized carbons (Fsp3) is 0.609. The maximum atomic E-state index is 4.86. The standard InChI is InChI=1S/C23H37N7/c1-5-22-27-26-18-30(22)12-11-25-23(24-6-2)29-15-13-28(14-16-29)17-20-7-9-21(10-8-20)19(3)4/h7-10,18-19H,5-6,11-17H2,1-4H3,(H,24,25). The largest absolute Gasteiger partial charge is 0.357 e. The van der Waals surface area contributed by atoms with Crippen molar-refractivity contribution in [3.8, 4) is 0 Å². The van der Waals surface area contributed by atoms with Crippen LogP contribution in [0.3, 0.4) is 0 Å². The van der Waals surface area contributed by atoms with Crippen LogP contribution in [0.15, 0.2) is 35.6 Å². The average Bonchev–Trinajstić information content (AvgIpc) is 3.22. The van der Waals surface area contributed by atoms with Crippen molar-refractivity contribution in [2.24, 2.45) is 4.99 Å². The molecular formula is C23H37N7. The molecule has 1 N–H and O–H groups in total. The zero-order chi connectivity index (χ0) is 21.3. The van der Waals surface area contributed by atoms with E-state index in [2.05, 4.69) is 81.8 Å². The summed E-state index contributed by atoms with van der Waals surface area (Å²) in [6.07, 6.45) is 2.69. The Labute approximate surface area is 181 Å². The summed E-state index contributed by atoms with van der Waals surface area (Å²) in [6, 6.07) is 9.10. The molecular weight excluding hydrogens is 374 g/mol. The van der Waals surface area contributed by atoms with E-state index in [0.717, 1.165) is 70.6 Å². The van der Waals surface area contributed by atoms with E-state index in [1.54, 1.807) is 6.33 Å². The number of nitrogens with one attached hydrogen (secondary N) is 1. The maximum Gasteiger partial charge on any atom is 0.194 e. The number of nitrogens with zero attached hydrogens (tertiary/aromatic N) is 6. The summed E-state index contributed by atoms with van der Waals surface area (Å²) in [5.74, 6) is 2.62. The van der Waals surface area contributed by atoms with E-state index >= 15 is 0 Å². The fourth-order valence-electron chi connectivity index (χ4n) is 3.81. The van der Waals surface area contributed by atoms with E-state index in [-0.39, 0.29) is 0 Å². The number of aryl methyl sites for hydroxylation is 1. The minimum atomic E-state index is 0.588. The van der Waals surface area contributed by atoms with Crippen LogP contribution < -0.4 is 5.32 Å². The third-order valence-electron chi connectivity index (χ3n) is 5.67. The molecule has 1 aromatic carbocycles. The van der Waals surface area contributed by atoms with Gasteiger partial charge in [0.25, 0.3) is 0 Å². The lowest BCUT2D eigenvalue weighted by atomic mass is 10.0. The molecule has 0 spiro atoms. The zero-order valence-corrected chi connectivity index (χ0v) is 19.0. The Bertz CT molecular complexity index is 786. The lowest BCUT2D eigenvalue weighted by Gasteiger charge is -2.36. The van der Waals surface area contributed by atoms with Gasteiger partial charge in [-0.15, -0.1) is 10.2 Å². The Morgan fingerprint density at radius 1 is 1.10 bits per heavy atom. The van der Waals surface area contributed by atoms with Gasteiger partial charge in [0.2, 0.25) is 0 Å². The Morgan fingerprint density at radius 2 is 1.83 bits per heavy atom. The van der Waals surface area contributed by atoms with Crippen LogP contribution in [0.4, 0.5) is 0 Å². The molecule has 0 amide bonds. The predicted molar refractivity (Wildman–Crippen MR) is 123 cm³/mol. The van der Waals surface area contributed by atoms with Gasteiger partial charge < -0.3 is 14.8 Å². The Kier molecular flexibility index (Phi) is 8.25. The number of aromatic nitrogens is 3. The number of hydrogen-bond donors (Lipinski definition) is 1. The molecule has 1 aliphatic heterocycles. The van der Waals surface area contributed by atoms with E-state index in [4.69, 9.17) is 4.99 Å². The number of piperazine rings is 1. The van der Waals surface area contributed by atoms with Gasteiger partial charge in [0, 0.05) is 52.2 Å². The van der Waals surface area contributed by atoms with Gasteiger partial charge in [0.1, 0.15) is 12.2 Å². The van der Waals surface area contributed by atoms with Gasteiger partial charge in [-0.05, 0) is 24.0 Å². The highest BCUT2D eigenvalue weighted by Crippen LogP contribution is 2.16. The van der Waals surface area contributed by atoms with Crippen molar-refractivity contribution in [1.29, 1.82) is 0 Å². The van der Waals surface area contributed by atoms with Gasteiger partial charge in [-0.2, -0.15) is 0 Å². The molecule has 0 aliphatic carbocycles. The van der Waals surface area contributed by atoms with Crippen LogP contribution in [-0.2, 0) is 19.5 Å². The van der Waals surface area contributed by atoms with Crippen LogP contribution in [0.1, 0.15) is 50.6 Å². The maximum absolute atomic E-state index is 4.86. The van der Waals surface area contributed by atoms with E-state index in [9.17, 15) is 0 Å². The lowest BCUT2D eigenvalue weighted by molar-refractivity contribution is 0.172. The summed E-state index contributed by atoms with van der Waals surface area (Å²) < 4.78 is 2.09. The first-order valence-corrected chi connectivity index (χ1v) is 11.3. The van der Waals surface area contributed by atoms with Crippen molar-refractivity contribution in [2.45, 2.75) is 53.1 Å². The first kappa shape index (κ1) is 22.3. The smallest absolute Gasteiger partial charge is 0.194 e. The molecule has 0 atom stereocenters. The molecule has 2 heterocycles. The average molecular weight is 412 g/mol. The van der Waals surface area contributed by atoms with Crippen LogP contribution in [0.25, 0.3) is 0 Å². The second-order valence-electron chi connectivity index (χ2n) is 8.19. The highest BCUT2D eigenvalue weighted by Gasteiger charge is 2.19. The lowest BCUT2D eigenvalue weighted by Crippen LogP contribution is -2.52. The third kappa shape index (κ3) is 6.05. The van der Waals surface area contributed by atoms with E-state index < -0.39 is 0 Å². The molecule has 7 heteroatoms. The van der Waals surface area contributed by atoms with Crippen LogP contribution in [-0.4, -0.2) is 69.8 Å². The third-order valence-corrected chi connectivity index (χ3v) is 5.67. The molecule has 7 nitrogen and oxygen atoms in total. The molecule has 3 rings (SSSR count). The predicted octanol–water partition coefficient (Wildman–Crippen LogP) is 2.75. The molecule has 1 aromatic heterocycles. The molecule has 1 aliphatic rings. The zero-order valence-electron chi connectivity index (χ0n) is 19.0. The van der Waals surface area contributed by atoms with Gasteiger partial charge in [0.15, 0.2) is 5.96 Å². The topological polar surface area (TPSA) is 61.6 Å². The molecule has 30 heavy (non-hydrogen) atoms. The quantitative estimate of drug-likeness (QED) is 0.535. The summed E-state index contributed by atoms with van der Waals surface area (Å²) >= 11 is 0. The number of benzene rings is 1. The highest BCUT2D eigenvalue weighted by molar-refractivity contribution is 5.80. The summed E-state index contributed by atoms with van der Waals surface area (Å²) in [6.45, 7) is 16.3. The van der Waals surface area contributed by atoms with E-state index in [1.807, 2.05) is 0 Å². The molecule has 0 saturated carbocycles. The molecule has 0 unspecified atom stereocenters. The normalized spacial score (nSPS) is 15.8. The molecule has 1 fully saturated rings. The Morgan fingerprint density at radius 3 is 2.47 bits per heavy atom.